The summed E-state index contributed by atoms with van der Waals surface area (Å²) in [6.07, 6.45) is 0. The van der Waals surface area contributed by atoms with Gasteiger partial charge in [0.05, 0.1) is 4.90 Å². The summed E-state index contributed by atoms with van der Waals surface area (Å²) in [6.45, 7) is 3.87. The van der Waals surface area contributed by atoms with Gasteiger partial charge in [0.25, 0.3) is 10.0 Å². The minimum atomic E-state index is -3.70. The van der Waals surface area contributed by atoms with Crippen LogP contribution < -0.4 is 4.72 Å². The van der Waals surface area contributed by atoms with Crippen molar-refractivity contribution in [1.29, 1.82) is 0 Å². The van der Waals surface area contributed by atoms with E-state index in [2.05, 4.69) is 4.72 Å². The second-order valence-corrected chi connectivity index (χ2v) is 7.63. The molecular weight excluding hydrogens is 330 g/mol. The number of fused-ring (bicyclic) bond motifs is 1. The van der Waals surface area contributed by atoms with Crippen molar-refractivity contribution in [3.8, 4) is 0 Å². The van der Waals surface area contributed by atoms with E-state index in [1.165, 1.54) is 6.07 Å². The molecule has 3 aromatic carbocycles. The van der Waals surface area contributed by atoms with Crippen molar-refractivity contribution in [3.05, 3.63) is 70.7 Å². The molecule has 0 unspecified atom stereocenters. The lowest BCUT2D eigenvalue weighted by Gasteiger charge is -2.12. The zero-order valence-electron chi connectivity index (χ0n) is 12.8. The van der Waals surface area contributed by atoms with Crippen LogP contribution in [-0.4, -0.2) is 8.42 Å². The molecule has 0 amide bonds. The van der Waals surface area contributed by atoms with Gasteiger partial charge in [-0.2, -0.15) is 0 Å². The second kappa shape index (κ2) is 5.87. The number of anilines is 1. The molecule has 0 saturated heterocycles. The van der Waals surface area contributed by atoms with Gasteiger partial charge in [-0.1, -0.05) is 41.9 Å². The largest absolute Gasteiger partial charge is 0.280 e. The Morgan fingerprint density at radius 3 is 2.13 bits per heavy atom. The van der Waals surface area contributed by atoms with Crippen molar-refractivity contribution in [2.75, 3.05) is 4.72 Å². The summed E-state index contributed by atoms with van der Waals surface area (Å²) in [5.41, 5.74) is 2.56. The number of hydrogen-bond acceptors (Lipinski definition) is 2. The lowest BCUT2D eigenvalue weighted by atomic mass is 10.1. The van der Waals surface area contributed by atoms with E-state index in [0.717, 1.165) is 16.5 Å². The van der Waals surface area contributed by atoms with E-state index in [4.69, 9.17) is 11.6 Å². The summed E-state index contributed by atoms with van der Waals surface area (Å²) < 4.78 is 28.2. The van der Waals surface area contributed by atoms with Gasteiger partial charge in [-0.3, -0.25) is 4.72 Å². The first-order valence-corrected chi connectivity index (χ1v) is 9.01. The third-order valence-electron chi connectivity index (χ3n) is 3.59. The van der Waals surface area contributed by atoms with Crippen LogP contribution in [0.4, 0.5) is 5.69 Å². The molecule has 0 aliphatic carbocycles. The zero-order chi connectivity index (χ0) is 16.6. The Labute approximate surface area is 141 Å². The van der Waals surface area contributed by atoms with Crippen LogP contribution in [0.15, 0.2) is 59.5 Å². The second-order valence-electron chi connectivity index (χ2n) is 5.57. The van der Waals surface area contributed by atoms with Crippen molar-refractivity contribution >= 4 is 38.1 Å². The molecule has 3 rings (SSSR count). The molecule has 0 atom stereocenters. The molecule has 118 valence electrons. The van der Waals surface area contributed by atoms with Crippen molar-refractivity contribution in [3.63, 3.8) is 0 Å². The van der Waals surface area contributed by atoms with Crippen LogP contribution in [0.2, 0.25) is 5.02 Å². The average molecular weight is 346 g/mol. The van der Waals surface area contributed by atoms with Gasteiger partial charge < -0.3 is 0 Å². The highest BCUT2D eigenvalue weighted by atomic mass is 35.5. The molecule has 0 radical (unpaired) electrons. The van der Waals surface area contributed by atoms with E-state index in [1.54, 1.807) is 18.2 Å². The Morgan fingerprint density at radius 2 is 1.48 bits per heavy atom. The summed E-state index contributed by atoms with van der Waals surface area (Å²) in [4.78, 5) is 0.219. The van der Waals surface area contributed by atoms with Crippen LogP contribution >= 0.6 is 11.6 Å². The molecule has 0 aliphatic heterocycles. The summed E-state index contributed by atoms with van der Waals surface area (Å²) >= 11 is 6.17. The summed E-state index contributed by atoms with van der Waals surface area (Å²) in [7, 11) is -3.70. The predicted octanol–water partition coefficient (Wildman–Crippen LogP) is 4.91. The fourth-order valence-corrected chi connectivity index (χ4v) is 4.19. The first kappa shape index (κ1) is 15.8. The van der Waals surface area contributed by atoms with Crippen LogP contribution in [0, 0.1) is 13.8 Å². The number of rotatable bonds is 3. The highest BCUT2D eigenvalue weighted by molar-refractivity contribution is 7.93. The Bertz CT molecular complexity index is 977. The third-order valence-corrected chi connectivity index (χ3v) is 5.36. The first-order chi connectivity index (χ1) is 10.9. The molecule has 0 heterocycles. The maximum absolute atomic E-state index is 12.8. The number of benzene rings is 3. The summed E-state index contributed by atoms with van der Waals surface area (Å²) in [6, 6.07) is 16.0. The fourth-order valence-electron chi connectivity index (χ4n) is 2.71. The molecule has 1 N–H and O–H groups in total. The maximum atomic E-state index is 12.8. The van der Waals surface area contributed by atoms with Gasteiger partial charge >= 0.3 is 0 Å². The van der Waals surface area contributed by atoms with Crippen LogP contribution in [0.1, 0.15) is 11.1 Å². The Hall–Kier alpha value is -2.04. The Morgan fingerprint density at radius 1 is 0.870 bits per heavy atom. The van der Waals surface area contributed by atoms with Gasteiger partial charge in [0.15, 0.2) is 0 Å². The van der Waals surface area contributed by atoms with Crippen LogP contribution in [0.25, 0.3) is 10.8 Å². The van der Waals surface area contributed by atoms with Gasteiger partial charge in [0.1, 0.15) is 0 Å². The van der Waals surface area contributed by atoms with E-state index >= 15 is 0 Å². The highest BCUT2D eigenvalue weighted by Gasteiger charge is 2.18. The normalized spacial score (nSPS) is 11.6. The molecule has 0 saturated carbocycles. The van der Waals surface area contributed by atoms with Gasteiger partial charge in [0, 0.05) is 21.5 Å². The first-order valence-electron chi connectivity index (χ1n) is 7.15. The van der Waals surface area contributed by atoms with Crippen molar-refractivity contribution < 1.29 is 8.42 Å². The molecule has 23 heavy (non-hydrogen) atoms. The SMILES string of the molecule is Cc1cc(C)cc(NS(=O)(=O)c2ccc(Cl)c3ccccc23)c1. The van der Waals surface area contributed by atoms with E-state index in [9.17, 15) is 8.42 Å². The maximum Gasteiger partial charge on any atom is 0.262 e. The van der Waals surface area contributed by atoms with Crippen molar-refractivity contribution in [2.24, 2.45) is 0 Å². The van der Waals surface area contributed by atoms with Crippen molar-refractivity contribution in [2.45, 2.75) is 18.7 Å². The fraction of sp³-hybridized carbons (Fsp3) is 0.111. The summed E-state index contributed by atoms with van der Waals surface area (Å²) in [5.74, 6) is 0. The van der Waals surface area contributed by atoms with E-state index in [1.807, 2.05) is 44.2 Å². The number of nitrogens with one attached hydrogen (secondary N) is 1. The molecule has 0 fully saturated rings. The van der Waals surface area contributed by atoms with Gasteiger partial charge in [-0.15, -0.1) is 0 Å². The van der Waals surface area contributed by atoms with Crippen molar-refractivity contribution in [1.82, 2.24) is 0 Å². The Kier molecular flexibility index (Phi) is 4.04. The number of hydrogen-bond donors (Lipinski definition) is 1. The summed E-state index contributed by atoms with van der Waals surface area (Å²) in [5, 5.41) is 1.86. The van der Waals surface area contributed by atoms with Gasteiger partial charge in [-0.05, 0) is 49.2 Å². The minimum absolute atomic E-state index is 0.219. The molecule has 0 aromatic heterocycles. The molecular formula is C18H16ClNO2S. The smallest absolute Gasteiger partial charge is 0.262 e. The van der Waals surface area contributed by atoms with Gasteiger partial charge in [0.2, 0.25) is 0 Å². The molecule has 3 nitrogen and oxygen atoms in total. The lowest BCUT2D eigenvalue weighted by Crippen LogP contribution is -2.13. The topological polar surface area (TPSA) is 46.2 Å². The minimum Gasteiger partial charge on any atom is -0.280 e. The number of aryl methyl sites for hydroxylation is 2. The van der Waals surface area contributed by atoms with E-state index in [-0.39, 0.29) is 4.90 Å². The average Bonchev–Trinajstić information content (AvgIpc) is 2.46. The number of halogens is 1. The monoisotopic (exact) mass is 345 g/mol. The predicted molar refractivity (Wildman–Crippen MR) is 95.7 cm³/mol. The van der Waals surface area contributed by atoms with Gasteiger partial charge in [-0.25, -0.2) is 8.42 Å². The van der Waals surface area contributed by atoms with Crippen LogP contribution in [0.5, 0.6) is 0 Å². The van der Waals surface area contributed by atoms with E-state index in [0.29, 0.717) is 16.1 Å². The zero-order valence-corrected chi connectivity index (χ0v) is 14.4. The molecule has 0 bridgehead atoms. The molecule has 5 heteroatoms. The van der Waals surface area contributed by atoms with Crippen LogP contribution in [-0.2, 0) is 10.0 Å². The molecule has 3 aromatic rings. The third kappa shape index (κ3) is 3.19. The van der Waals surface area contributed by atoms with E-state index < -0.39 is 10.0 Å². The van der Waals surface area contributed by atoms with Crippen LogP contribution in [0.3, 0.4) is 0 Å². The lowest BCUT2D eigenvalue weighted by molar-refractivity contribution is 0.602. The standard InChI is InChI=1S/C18H16ClNO2S/c1-12-9-13(2)11-14(10-12)20-23(21,22)18-8-7-17(19)15-5-3-4-6-16(15)18/h3-11,20H,1-2H3. The molecule has 0 aliphatic rings. The number of sulfonamides is 1. The Balaban J connectivity index is 2.12. The quantitative estimate of drug-likeness (QED) is 0.733. The molecule has 0 spiro atoms. The highest BCUT2D eigenvalue weighted by Crippen LogP contribution is 2.30.